The van der Waals surface area contributed by atoms with Gasteiger partial charge < -0.3 is 15.5 Å². The second kappa shape index (κ2) is 8.94. The summed E-state index contributed by atoms with van der Waals surface area (Å²) in [5.41, 5.74) is 2.67. The van der Waals surface area contributed by atoms with Crippen molar-refractivity contribution in [2.75, 3.05) is 25.5 Å². The number of rotatable bonds is 5. The lowest BCUT2D eigenvalue weighted by molar-refractivity contribution is -0.122. The maximum atomic E-state index is 13.3. The van der Waals surface area contributed by atoms with Gasteiger partial charge in [-0.25, -0.2) is 0 Å². The number of hydrogen-bond donors (Lipinski definition) is 2. The van der Waals surface area contributed by atoms with Gasteiger partial charge in [-0.2, -0.15) is 0 Å². The first-order valence-electron chi connectivity index (χ1n) is 10.8. The van der Waals surface area contributed by atoms with Gasteiger partial charge in [-0.05, 0) is 66.8 Å². The molecule has 1 aliphatic heterocycles. The third-order valence-corrected chi connectivity index (χ3v) is 7.52. The molecule has 4 rings (SSSR count). The number of carbonyl (C=O) groups excluding carboxylic acids is 2. The Kier molecular flexibility index (Phi) is 6.30. The SMILES string of the molecule is C[B]c1ccc(C(=O)NC2(C(=O)Nc3ccc4c(c3)CCN(C)CC4)CCCC2)s1. The molecule has 30 heavy (non-hydrogen) atoms. The van der Waals surface area contributed by atoms with Crippen molar-refractivity contribution >= 4 is 40.9 Å². The summed E-state index contributed by atoms with van der Waals surface area (Å²) in [6.45, 7) is 4.05. The van der Waals surface area contributed by atoms with Crippen molar-refractivity contribution in [2.24, 2.45) is 0 Å². The second-order valence-electron chi connectivity index (χ2n) is 8.47. The van der Waals surface area contributed by atoms with E-state index in [0.717, 1.165) is 49.2 Å². The van der Waals surface area contributed by atoms with Crippen LogP contribution < -0.4 is 15.4 Å². The number of hydrogen-bond acceptors (Lipinski definition) is 4. The maximum absolute atomic E-state index is 13.3. The fourth-order valence-electron chi connectivity index (χ4n) is 4.46. The van der Waals surface area contributed by atoms with Crippen LogP contribution in [0.1, 0.15) is 46.5 Å². The van der Waals surface area contributed by atoms with Crippen LogP contribution in [0.15, 0.2) is 30.3 Å². The summed E-state index contributed by atoms with van der Waals surface area (Å²) in [7, 11) is 4.13. The van der Waals surface area contributed by atoms with E-state index in [4.69, 9.17) is 0 Å². The quantitative estimate of drug-likeness (QED) is 0.729. The predicted molar refractivity (Wildman–Crippen MR) is 124 cm³/mol. The zero-order chi connectivity index (χ0) is 21.1. The van der Waals surface area contributed by atoms with Gasteiger partial charge in [-0.15, -0.1) is 11.3 Å². The number of nitrogens with zero attached hydrogens (tertiary/aromatic N) is 1. The summed E-state index contributed by atoms with van der Waals surface area (Å²) in [4.78, 5) is 29.2. The van der Waals surface area contributed by atoms with Gasteiger partial charge in [0, 0.05) is 18.8 Å². The molecule has 0 saturated heterocycles. The highest BCUT2D eigenvalue weighted by molar-refractivity contribution is 7.22. The average Bonchev–Trinajstić information content (AvgIpc) is 3.38. The summed E-state index contributed by atoms with van der Waals surface area (Å²) < 4.78 is 1.06. The number of anilines is 1. The zero-order valence-corrected chi connectivity index (χ0v) is 18.6. The van der Waals surface area contributed by atoms with E-state index in [2.05, 4.69) is 34.7 Å². The van der Waals surface area contributed by atoms with Crippen molar-refractivity contribution in [1.82, 2.24) is 10.2 Å². The monoisotopic (exact) mass is 422 g/mol. The Balaban J connectivity index is 1.49. The first-order chi connectivity index (χ1) is 14.5. The Morgan fingerprint density at radius 3 is 2.50 bits per heavy atom. The lowest BCUT2D eigenvalue weighted by atomic mass is 9.81. The lowest BCUT2D eigenvalue weighted by Gasteiger charge is -2.29. The molecule has 2 aliphatic rings. The van der Waals surface area contributed by atoms with Crippen LogP contribution in [0.4, 0.5) is 5.69 Å². The maximum Gasteiger partial charge on any atom is 0.262 e. The molecule has 1 radical (unpaired) electrons. The molecule has 0 spiro atoms. The van der Waals surface area contributed by atoms with Crippen LogP contribution in [-0.2, 0) is 17.6 Å². The Morgan fingerprint density at radius 1 is 1.07 bits per heavy atom. The van der Waals surface area contributed by atoms with Gasteiger partial charge >= 0.3 is 0 Å². The van der Waals surface area contributed by atoms with E-state index in [9.17, 15) is 9.59 Å². The summed E-state index contributed by atoms with van der Waals surface area (Å²) in [6.07, 6.45) is 5.28. The number of amides is 2. The van der Waals surface area contributed by atoms with Crippen LogP contribution in [0, 0.1) is 0 Å². The first kappa shape index (κ1) is 21.1. The van der Waals surface area contributed by atoms with Crippen LogP contribution in [0.25, 0.3) is 0 Å². The van der Waals surface area contributed by atoms with Crippen molar-refractivity contribution in [1.29, 1.82) is 0 Å². The minimum Gasteiger partial charge on any atom is -0.337 e. The molecule has 7 heteroatoms. The van der Waals surface area contributed by atoms with E-state index in [1.54, 1.807) is 0 Å². The summed E-state index contributed by atoms with van der Waals surface area (Å²) in [6, 6.07) is 10.0. The number of carbonyl (C=O) groups is 2. The van der Waals surface area contributed by atoms with Crippen LogP contribution in [0.2, 0.25) is 6.82 Å². The van der Waals surface area contributed by atoms with Crippen LogP contribution in [0.3, 0.4) is 0 Å². The molecule has 2 heterocycles. The smallest absolute Gasteiger partial charge is 0.262 e. The van der Waals surface area contributed by atoms with E-state index in [0.29, 0.717) is 17.7 Å². The molecule has 1 saturated carbocycles. The summed E-state index contributed by atoms with van der Waals surface area (Å²) in [5, 5.41) is 6.19. The van der Waals surface area contributed by atoms with Crippen molar-refractivity contribution in [3.05, 3.63) is 46.3 Å². The van der Waals surface area contributed by atoms with Crippen molar-refractivity contribution in [3.8, 4) is 0 Å². The van der Waals surface area contributed by atoms with Crippen molar-refractivity contribution < 1.29 is 9.59 Å². The van der Waals surface area contributed by atoms with Crippen molar-refractivity contribution in [3.63, 3.8) is 0 Å². The van der Waals surface area contributed by atoms with Gasteiger partial charge in [0.1, 0.15) is 5.54 Å². The Bertz CT molecular complexity index is 936. The molecule has 1 aromatic heterocycles. The van der Waals surface area contributed by atoms with Gasteiger partial charge in [0.25, 0.3) is 5.91 Å². The first-order valence-corrected chi connectivity index (χ1v) is 11.6. The van der Waals surface area contributed by atoms with E-state index in [1.807, 2.05) is 32.3 Å². The molecule has 157 valence electrons. The highest BCUT2D eigenvalue weighted by Gasteiger charge is 2.42. The Morgan fingerprint density at radius 2 is 1.80 bits per heavy atom. The molecular formula is C23H29BN3O2S. The normalized spacial score (nSPS) is 18.3. The molecule has 0 unspecified atom stereocenters. The Hall–Kier alpha value is -2.12. The molecule has 5 nitrogen and oxygen atoms in total. The number of likely N-dealkylation sites (N-methyl/N-ethyl adjacent to an activating group) is 1. The average molecular weight is 422 g/mol. The van der Waals surface area contributed by atoms with Crippen LogP contribution in [0.5, 0.6) is 0 Å². The Labute approximate surface area is 183 Å². The van der Waals surface area contributed by atoms with Crippen LogP contribution >= 0.6 is 11.3 Å². The zero-order valence-electron chi connectivity index (χ0n) is 17.8. The molecular weight excluding hydrogens is 393 g/mol. The van der Waals surface area contributed by atoms with Gasteiger partial charge in [0.15, 0.2) is 7.28 Å². The molecule has 1 aliphatic carbocycles. The van der Waals surface area contributed by atoms with Crippen LogP contribution in [-0.4, -0.2) is 49.7 Å². The molecule has 2 N–H and O–H groups in total. The highest BCUT2D eigenvalue weighted by Crippen LogP contribution is 2.32. The third-order valence-electron chi connectivity index (χ3n) is 6.37. The number of fused-ring (bicyclic) bond motifs is 1. The van der Waals surface area contributed by atoms with E-state index >= 15 is 0 Å². The largest absolute Gasteiger partial charge is 0.337 e. The number of nitrogens with one attached hydrogen (secondary N) is 2. The van der Waals surface area contributed by atoms with E-state index in [1.165, 1.54) is 22.5 Å². The lowest BCUT2D eigenvalue weighted by Crippen LogP contribution is -2.54. The molecule has 2 aromatic rings. The summed E-state index contributed by atoms with van der Waals surface area (Å²) >= 11 is 1.45. The van der Waals surface area contributed by atoms with Gasteiger partial charge in [-0.3, -0.25) is 9.59 Å². The standard InChI is InChI=1S/C23H29BN3O2S/c1-24-20-8-7-19(30-20)21(28)26-23(11-3-4-12-23)22(29)25-18-6-5-16-9-13-27(2)14-10-17(16)15-18/h5-8,15H,3-4,9-14H2,1-2H3,(H,25,29)(H,26,28). The second-order valence-corrected chi connectivity index (χ2v) is 9.59. The molecule has 1 fully saturated rings. The summed E-state index contributed by atoms with van der Waals surface area (Å²) in [5.74, 6) is -0.256. The third kappa shape index (κ3) is 4.47. The number of thiophene rings is 1. The fourth-order valence-corrected chi connectivity index (χ4v) is 5.25. The molecule has 0 bridgehead atoms. The highest BCUT2D eigenvalue weighted by atomic mass is 32.1. The van der Waals surface area contributed by atoms with Gasteiger partial charge in [0.2, 0.25) is 5.91 Å². The minimum atomic E-state index is -0.829. The molecule has 0 atom stereocenters. The fraction of sp³-hybridized carbons (Fsp3) is 0.478. The number of benzene rings is 1. The van der Waals surface area contributed by atoms with Gasteiger partial charge in [-0.1, -0.05) is 31.8 Å². The van der Waals surface area contributed by atoms with E-state index in [-0.39, 0.29) is 11.8 Å². The predicted octanol–water partition coefficient (Wildman–Crippen LogP) is 2.84. The topological polar surface area (TPSA) is 61.4 Å². The minimum absolute atomic E-state index is 0.0992. The van der Waals surface area contributed by atoms with Gasteiger partial charge in [0.05, 0.1) is 4.88 Å². The molecule has 2 amide bonds. The van der Waals surface area contributed by atoms with Crippen molar-refractivity contribution in [2.45, 2.75) is 50.9 Å². The molecule has 1 aromatic carbocycles. The van der Waals surface area contributed by atoms with E-state index < -0.39 is 5.54 Å².